The topological polar surface area (TPSA) is 58.2 Å². The van der Waals surface area contributed by atoms with Gasteiger partial charge >= 0.3 is 0 Å². The second-order valence-corrected chi connectivity index (χ2v) is 7.21. The Hall–Kier alpha value is -3.05. The van der Waals surface area contributed by atoms with Gasteiger partial charge < -0.3 is 10.6 Å². The summed E-state index contributed by atoms with van der Waals surface area (Å²) in [4.78, 5) is 24.5. The van der Waals surface area contributed by atoms with Crippen molar-refractivity contribution in [3.8, 4) is 0 Å². The van der Waals surface area contributed by atoms with Gasteiger partial charge in [-0.2, -0.15) is 0 Å². The van der Waals surface area contributed by atoms with E-state index in [1.54, 1.807) is 0 Å². The first kappa shape index (κ1) is 19.7. The maximum Gasteiger partial charge on any atom is 0.234 e. The number of benzene rings is 3. The third-order valence-electron chi connectivity index (χ3n) is 4.09. The van der Waals surface area contributed by atoms with Crippen LogP contribution in [0.25, 0.3) is 0 Å². The van der Waals surface area contributed by atoms with E-state index < -0.39 is 0 Å². The predicted molar refractivity (Wildman–Crippen MR) is 115 cm³/mol. The van der Waals surface area contributed by atoms with Crippen LogP contribution in [0.2, 0.25) is 0 Å². The highest BCUT2D eigenvalue weighted by atomic mass is 32.2. The molecule has 142 valence electrons. The first-order valence-corrected chi connectivity index (χ1v) is 10.2. The molecule has 0 aliphatic carbocycles. The molecule has 3 rings (SSSR count). The van der Waals surface area contributed by atoms with Crippen LogP contribution in [-0.2, 0) is 9.59 Å². The van der Waals surface area contributed by atoms with Crippen molar-refractivity contribution in [2.75, 3.05) is 16.8 Å². The number of hydrogen-bond acceptors (Lipinski definition) is 3. The molecule has 28 heavy (non-hydrogen) atoms. The number of thioether (sulfide) groups is 1. The number of carbonyl (C=O) groups excluding carboxylic acids is 2. The molecule has 3 aromatic carbocycles. The average Bonchev–Trinajstić information content (AvgIpc) is 2.74. The zero-order valence-electron chi connectivity index (χ0n) is 15.4. The molecule has 0 saturated heterocycles. The predicted octanol–water partition coefficient (Wildman–Crippen LogP) is 4.26. The summed E-state index contributed by atoms with van der Waals surface area (Å²) in [6.45, 7) is 0. The van der Waals surface area contributed by atoms with Crippen molar-refractivity contribution in [1.29, 1.82) is 0 Å². The second-order valence-electron chi connectivity index (χ2n) is 6.23. The van der Waals surface area contributed by atoms with Gasteiger partial charge in [0.15, 0.2) is 0 Å². The number of rotatable bonds is 8. The molecule has 0 atom stereocenters. The van der Waals surface area contributed by atoms with E-state index in [9.17, 15) is 9.59 Å². The van der Waals surface area contributed by atoms with E-state index in [0.717, 1.165) is 16.8 Å². The highest BCUT2D eigenvalue weighted by Crippen LogP contribution is 2.22. The van der Waals surface area contributed by atoms with E-state index >= 15 is 0 Å². The summed E-state index contributed by atoms with van der Waals surface area (Å²) in [5, 5.41) is 5.90. The highest BCUT2D eigenvalue weighted by molar-refractivity contribution is 8.00. The van der Waals surface area contributed by atoms with E-state index in [1.807, 2.05) is 91.0 Å². The first-order valence-electron chi connectivity index (χ1n) is 9.04. The molecule has 2 N–H and O–H groups in total. The van der Waals surface area contributed by atoms with Crippen molar-refractivity contribution in [3.63, 3.8) is 0 Å². The van der Waals surface area contributed by atoms with E-state index in [4.69, 9.17) is 0 Å². The SMILES string of the molecule is O=C(CSCC(=O)NC(c1ccccc1)c1ccccc1)Nc1ccccc1. The van der Waals surface area contributed by atoms with Crippen LogP contribution in [0.15, 0.2) is 91.0 Å². The fourth-order valence-corrected chi connectivity index (χ4v) is 3.44. The van der Waals surface area contributed by atoms with Crippen LogP contribution in [0, 0.1) is 0 Å². The molecule has 3 aromatic rings. The van der Waals surface area contributed by atoms with Crippen molar-refractivity contribution >= 4 is 29.3 Å². The molecule has 0 radical (unpaired) electrons. The lowest BCUT2D eigenvalue weighted by Crippen LogP contribution is -2.31. The van der Waals surface area contributed by atoms with Crippen molar-refractivity contribution in [1.82, 2.24) is 5.32 Å². The Morgan fingerprint density at radius 1 is 0.679 bits per heavy atom. The van der Waals surface area contributed by atoms with Gasteiger partial charge in [0, 0.05) is 5.69 Å². The molecule has 4 nitrogen and oxygen atoms in total. The lowest BCUT2D eigenvalue weighted by atomic mass is 9.99. The van der Waals surface area contributed by atoms with Gasteiger partial charge in [-0.15, -0.1) is 11.8 Å². The normalized spacial score (nSPS) is 10.5. The van der Waals surface area contributed by atoms with Gasteiger partial charge in [0.25, 0.3) is 0 Å². The monoisotopic (exact) mass is 390 g/mol. The number of para-hydroxylation sites is 1. The molecule has 0 heterocycles. The summed E-state index contributed by atoms with van der Waals surface area (Å²) in [6.07, 6.45) is 0. The van der Waals surface area contributed by atoms with Crippen molar-refractivity contribution in [2.45, 2.75) is 6.04 Å². The van der Waals surface area contributed by atoms with Crippen LogP contribution in [0.1, 0.15) is 17.2 Å². The smallest absolute Gasteiger partial charge is 0.234 e. The molecule has 5 heteroatoms. The van der Waals surface area contributed by atoms with Gasteiger partial charge in [-0.05, 0) is 23.3 Å². The first-order chi connectivity index (χ1) is 13.7. The Bertz CT molecular complexity index is 847. The quantitative estimate of drug-likeness (QED) is 0.604. The molecular weight excluding hydrogens is 368 g/mol. The third kappa shape index (κ3) is 5.99. The van der Waals surface area contributed by atoms with Crippen LogP contribution in [-0.4, -0.2) is 23.3 Å². The van der Waals surface area contributed by atoms with Gasteiger partial charge in [0.05, 0.1) is 17.5 Å². The summed E-state index contributed by atoms with van der Waals surface area (Å²) < 4.78 is 0. The van der Waals surface area contributed by atoms with E-state index in [-0.39, 0.29) is 29.4 Å². The molecule has 0 aliphatic rings. The highest BCUT2D eigenvalue weighted by Gasteiger charge is 2.16. The molecule has 2 amide bonds. The Morgan fingerprint density at radius 2 is 1.14 bits per heavy atom. The fraction of sp³-hybridized carbons (Fsp3) is 0.130. The maximum atomic E-state index is 12.5. The molecule has 0 bridgehead atoms. The average molecular weight is 391 g/mol. The summed E-state index contributed by atoms with van der Waals surface area (Å²) in [7, 11) is 0. The number of amides is 2. The van der Waals surface area contributed by atoms with E-state index in [1.165, 1.54) is 11.8 Å². The summed E-state index contributed by atoms with van der Waals surface area (Å²) in [5.41, 5.74) is 2.80. The van der Waals surface area contributed by atoms with Crippen LogP contribution < -0.4 is 10.6 Å². The third-order valence-corrected chi connectivity index (χ3v) is 5.03. The van der Waals surface area contributed by atoms with Gasteiger partial charge in [0.1, 0.15) is 0 Å². The zero-order valence-corrected chi connectivity index (χ0v) is 16.2. The van der Waals surface area contributed by atoms with Crippen LogP contribution in [0.4, 0.5) is 5.69 Å². The molecule has 0 aliphatic heterocycles. The zero-order chi connectivity index (χ0) is 19.6. The molecule has 0 saturated carbocycles. The molecule has 0 unspecified atom stereocenters. The Labute approximate surface area is 169 Å². The van der Waals surface area contributed by atoms with Gasteiger partial charge in [-0.1, -0.05) is 78.9 Å². The minimum atomic E-state index is -0.214. The minimum absolute atomic E-state index is 0.102. The standard InChI is InChI=1S/C23H22N2O2S/c26-21(24-20-14-8-3-9-15-20)16-28-17-22(27)25-23(18-10-4-1-5-11-18)19-12-6-2-7-13-19/h1-15,23H,16-17H2,(H,24,26)(H,25,27). The van der Waals surface area contributed by atoms with E-state index in [0.29, 0.717) is 0 Å². The Kier molecular flexibility index (Phi) is 7.27. The van der Waals surface area contributed by atoms with Crippen LogP contribution in [0.3, 0.4) is 0 Å². The second kappa shape index (κ2) is 10.3. The lowest BCUT2D eigenvalue weighted by Gasteiger charge is -2.20. The number of carbonyl (C=O) groups is 2. The number of anilines is 1. The van der Waals surface area contributed by atoms with Gasteiger partial charge in [-0.25, -0.2) is 0 Å². The van der Waals surface area contributed by atoms with Crippen LogP contribution in [0.5, 0.6) is 0 Å². The number of hydrogen-bond donors (Lipinski definition) is 2. The van der Waals surface area contributed by atoms with E-state index in [2.05, 4.69) is 10.6 Å². The van der Waals surface area contributed by atoms with Crippen molar-refractivity contribution in [3.05, 3.63) is 102 Å². The molecule has 0 fully saturated rings. The summed E-state index contributed by atoms with van der Waals surface area (Å²) >= 11 is 1.30. The summed E-state index contributed by atoms with van der Waals surface area (Å²) in [6, 6.07) is 28.8. The molecular formula is C23H22N2O2S. The summed E-state index contributed by atoms with van der Waals surface area (Å²) in [5.74, 6) is 0.226. The van der Waals surface area contributed by atoms with Crippen LogP contribution >= 0.6 is 11.8 Å². The van der Waals surface area contributed by atoms with Crippen molar-refractivity contribution < 1.29 is 9.59 Å². The molecule has 0 spiro atoms. The maximum absolute atomic E-state index is 12.5. The molecule has 0 aromatic heterocycles. The largest absolute Gasteiger partial charge is 0.344 e. The fourth-order valence-electron chi connectivity index (χ4n) is 2.81. The van der Waals surface area contributed by atoms with Gasteiger partial charge in [0.2, 0.25) is 11.8 Å². The Balaban J connectivity index is 1.53. The number of nitrogens with one attached hydrogen (secondary N) is 2. The minimum Gasteiger partial charge on any atom is -0.344 e. The Morgan fingerprint density at radius 3 is 1.68 bits per heavy atom. The van der Waals surface area contributed by atoms with Crippen molar-refractivity contribution in [2.24, 2.45) is 0 Å². The lowest BCUT2D eigenvalue weighted by molar-refractivity contribution is -0.119. The van der Waals surface area contributed by atoms with Gasteiger partial charge in [-0.3, -0.25) is 9.59 Å².